The molecule has 0 aliphatic rings. The van der Waals surface area contributed by atoms with Crippen molar-refractivity contribution in [3.63, 3.8) is 0 Å². The Balaban J connectivity index is 4.39. The van der Waals surface area contributed by atoms with E-state index >= 15 is 0 Å². The fourth-order valence-corrected chi connectivity index (χ4v) is 8.94. The van der Waals surface area contributed by atoms with Gasteiger partial charge in [0.2, 0.25) is 0 Å². The molecular formula is C64H116O6. The molecule has 0 aromatic heterocycles. The van der Waals surface area contributed by atoms with Gasteiger partial charge in [0.25, 0.3) is 0 Å². The van der Waals surface area contributed by atoms with E-state index in [9.17, 15) is 14.4 Å². The molecule has 0 fully saturated rings. The second-order valence-corrected chi connectivity index (χ2v) is 20.6. The van der Waals surface area contributed by atoms with Crippen LogP contribution in [0.25, 0.3) is 0 Å². The minimum atomic E-state index is -0.782. The zero-order valence-electron chi connectivity index (χ0n) is 46.8. The molecule has 0 aliphatic carbocycles. The van der Waals surface area contributed by atoms with E-state index in [1.165, 1.54) is 193 Å². The van der Waals surface area contributed by atoms with Gasteiger partial charge in [-0.1, -0.05) is 275 Å². The van der Waals surface area contributed by atoms with E-state index in [0.29, 0.717) is 19.3 Å². The van der Waals surface area contributed by atoms with Crippen LogP contribution in [0.15, 0.2) is 48.6 Å². The maximum atomic E-state index is 12.9. The normalized spacial score (nSPS) is 12.3. The fraction of sp³-hybridized carbons (Fsp3) is 0.828. The number of ether oxygens (including phenoxy) is 3. The number of unbranched alkanes of at least 4 members (excludes halogenated alkanes) is 38. The zero-order chi connectivity index (χ0) is 50.7. The van der Waals surface area contributed by atoms with Crippen molar-refractivity contribution in [2.45, 2.75) is 329 Å². The van der Waals surface area contributed by atoms with Gasteiger partial charge < -0.3 is 14.2 Å². The summed E-state index contributed by atoms with van der Waals surface area (Å²) < 4.78 is 16.9. The van der Waals surface area contributed by atoms with Crippen LogP contribution in [0.4, 0.5) is 0 Å². The van der Waals surface area contributed by atoms with Gasteiger partial charge >= 0.3 is 17.9 Å². The van der Waals surface area contributed by atoms with Crippen LogP contribution >= 0.6 is 0 Å². The van der Waals surface area contributed by atoms with Crippen molar-refractivity contribution in [3.05, 3.63) is 48.6 Å². The van der Waals surface area contributed by atoms with Crippen LogP contribution in [0.5, 0.6) is 0 Å². The van der Waals surface area contributed by atoms with E-state index in [1.807, 2.05) is 0 Å². The number of rotatable bonds is 56. The Morgan fingerprint density at radius 1 is 0.300 bits per heavy atom. The molecule has 1 atom stereocenters. The summed E-state index contributed by atoms with van der Waals surface area (Å²) in [5, 5.41) is 0. The highest BCUT2D eigenvalue weighted by atomic mass is 16.6. The van der Waals surface area contributed by atoms with E-state index in [4.69, 9.17) is 14.2 Å². The monoisotopic (exact) mass is 981 g/mol. The first-order valence-corrected chi connectivity index (χ1v) is 30.7. The number of allylic oxidation sites excluding steroid dienone is 8. The summed E-state index contributed by atoms with van der Waals surface area (Å²) in [7, 11) is 0. The third kappa shape index (κ3) is 56.3. The lowest BCUT2D eigenvalue weighted by Gasteiger charge is -2.18. The van der Waals surface area contributed by atoms with Gasteiger partial charge in [-0.3, -0.25) is 14.4 Å². The molecule has 0 rings (SSSR count). The molecule has 70 heavy (non-hydrogen) atoms. The Labute approximate surface area is 435 Å². The van der Waals surface area contributed by atoms with Crippen LogP contribution in [0.2, 0.25) is 0 Å². The first-order valence-electron chi connectivity index (χ1n) is 30.7. The standard InChI is InChI=1S/C64H116O6/c1-4-7-10-13-16-19-22-25-28-31-34-36-39-42-45-48-51-54-57-63(66)69-60-61(70-64(67)58-55-52-49-46-43-40-37-33-30-27-24-21-18-15-12-9-6-3)59-68-62(65)56-53-50-47-44-41-38-35-32-29-26-23-20-17-14-11-8-5-2/h18,21,27-28,30-31,34,36,61H,4-17,19-20,22-26,29,32-33,35,37-60H2,1-3H3/b21-18-,30-27-,31-28-,36-34-. The zero-order valence-corrected chi connectivity index (χ0v) is 46.8. The molecule has 1 unspecified atom stereocenters. The summed E-state index contributed by atoms with van der Waals surface area (Å²) in [4.78, 5) is 38.2. The minimum Gasteiger partial charge on any atom is -0.462 e. The molecule has 0 saturated carbocycles. The molecule has 0 aromatic rings. The number of hydrogen-bond acceptors (Lipinski definition) is 6. The quantitative estimate of drug-likeness (QED) is 0.0199. The molecule has 6 nitrogen and oxygen atoms in total. The van der Waals surface area contributed by atoms with Crippen molar-refractivity contribution in [3.8, 4) is 0 Å². The second-order valence-electron chi connectivity index (χ2n) is 20.6. The second kappa shape index (κ2) is 58.9. The van der Waals surface area contributed by atoms with Crippen LogP contribution < -0.4 is 0 Å². The van der Waals surface area contributed by atoms with E-state index in [-0.39, 0.29) is 31.1 Å². The molecule has 0 heterocycles. The van der Waals surface area contributed by atoms with Crippen molar-refractivity contribution in [2.75, 3.05) is 13.2 Å². The third-order valence-corrected chi connectivity index (χ3v) is 13.6. The number of carbonyl (C=O) groups excluding carboxylic acids is 3. The molecule has 408 valence electrons. The summed E-state index contributed by atoms with van der Waals surface area (Å²) in [5.74, 6) is -0.883. The average Bonchev–Trinajstić information content (AvgIpc) is 3.36. The smallest absolute Gasteiger partial charge is 0.306 e. The molecule has 0 N–H and O–H groups in total. The van der Waals surface area contributed by atoms with Crippen molar-refractivity contribution >= 4 is 17.9 Å². The highest BCUT2D eigenvalue weighted by Gasteiger charge is 2.19. The largest absolute Gasteiger partial charge is 0.462 e. The summed E-state index contributed by atoms with van der Waals surface area (Å²) in [6.45, 7) is 6.64. The van der Waals surface area contributed by atoms with Gasteiger partial charge in [0.1, 0.15) is 13.2 Å². The molecule has 0 bridgehead atoms. The summed E-state index contributed by atoms with van der Waals surface area (Å²) in [6, 6.07) is 0. The van der Waals surface area contributed by atoms with E-state index in [1.54, 1.807) is 0 Å². The fourth-order valence-electron chi connectivity index (χ4n) is 8.94. The molecule has 0 aliphatic heterocycles. The maximum Gasteiger partial charge on any atom is 0.306 e. The molecular weight excluding hydrogens is 865 g/mol. The van der Waals surface area contributed by atoms with E-state index < -0.39 is 6.10 Å². The van der Waals surface area contributed by atoms with Gasteiger partial charge in [-0.05, 0) is 77.0 Å². The van der Waals surface area contributed by atoms with Crippen LogP contribution in [0.1, 0.15) is 323 Å². The number of carbonyl (C=O) groups is 3. The minimum absolute atomic E-state index is 0.0782. The summed E-state index contributed by atoms with van der Waals surface area (Å²) in [6.07, 6.45) is 72.4. The van der Waals surface area contributed by atoms with E-state index in [0.717, 1.165) is 89.9 Å². The first-order chi connectivity index (χ1) is 34.5. The SMILES string of the molecule is CCCCC/C=C\C/C=C\CCCCCCCCCC(=O)OC(COC(=O)CCCCCCC/C=C\C=C/CCCCCCCCC)COC(=O)CCCCCCCCCCCCCCCCCCC. The molecule has 0 amide bonds. The average molecular weight is 982 g/mol. The lowest BCUT2D eigenvalue weighted by molar-refractivity contribution is -0.167. The Kier molecular flexibility index (Phi) is 56.7. The molecule has 6 heteroatoms. The predicted octanol–water partition coefficient (Wildman–Crippen LogP) is 20.6. The van der Waals surface area contributed by atoms with Crippen LogP contribution in [-0.2, 0) is 28.6 Å². The number of esters is 3. The predicted molar refractivity (Wildman–Crippen MR) is 302 cm³/mol. The molecule has 0 spiro atoms. The molecule has 0 aromatic carbocycles. The van der Waals surface area contributed by atoms with Gasteiger partial charge in [0, 0.05) is 19.3 Å². The van der Waals surface area contributed by atoms with Gasteiger partial charge in [-0.2, -0.15) is 0 Å². The first kappa shape index (κ1) is 67.4. The summed E-state index contributed by atoms with van der Waals surface area (Å²) in [5.41, 5.74) is 0. The van der Waals surface area contributed by atoms with Crippen LogP contribution in [0.3, 0.4) is 0 Å². The lowest BCUT2D eigenvalue weighted by atomic mass is 10.0. The molecule has 0 saturated heterocycles. The van der Waals surface area contributed by atoms with Crippen LogP contribution in [0, 0.1) is 0 Å². The highest BCUT2D eigenvalue weighted by Crippen LogP contribution is 2.17. The van der Waals surface area contributed by atoms with Gasteiger partial charge in [0.05, 0.1) is 0 Å². The maximum absolute atomic E-state index is 12.9. The lowest BCUT2D eigenvalue weighted by Crippen LogP contribution is -2.30. The van der Waals surface area contributed by atoms with Gasteiger partial charge in [-0.25, -0.2) is 0 Å². The molecule has 0 radical (unpaired) electrons. The van der Waals surface area contributed by atoms with Crippen molar-refractivity contribution in [2.24, 2.45) is 0 Å². The van der Waals surface area contributed by atoms with E-state index in [2.05, 4.69) is 69.4 Å². The Morgan fingerprint density at radius 3 is 0.900 bits per heavy atom. The Hall–Kier alpha value is -2.63. The van der Waals surface area contributed by atoms with Crippen LogP contribution in [-0.4, -0.2) is 37.2 Å². The Bertz CT molecular complexity index is 1220. The third-order valence-electron chi connectivity index (χ3n) is 13.6. The van der Waals surface area contributed by atoms with Crippen molar-refractivity contribution < 1.29 is 28.6 Å². The topological polar surface area (TPSA) is 78.9 Å². The van der Waals surface area contributed by atoms with Gasteiger partial charge in [0.15, 0.2) is 6.10 Å². The van der Waals surface area contributed by atoms with Crippen molar-refractivity contribution in [1.29, 1.82) is 0 Å². The number of hydrogen-bond donors (Lipinski definition) is 0. The Morgan fingerprint density at radius 2 is 0.557 bits per heavy atom. The van der Waals surface area contributed by atoms with Crippen molar-refractivity contribution in [1.82, 2.24) is 0 Å². The van der Waals surface area contributed by atoms with Gasteiger partial charge in [-0.15, -0.1) is 0 Å². The summed E-state index contributed by atoms with van der Waals surface area (Å²) >= 11 is 0. The highest BCUT2D eigenvalue weighted by molar-refractivity contribution is 5.71.